The van der Waals surface area contributed by atoms with E-state index >= 15 is 0 Å². The molecule has 0 saturated heterocycles. The Kier molecular flexibility index (Phi) is 7.38. The number of nitro groups is 5. The Balaban J connectivity index is 2.27. The van der Waals surface area contributed by atoms with Crippen molar-refractivity contribution in [1.29, 1.82) is 0 Å². The molecule has 3 aromatic carbocycles. The first-order valence-electron chi connectivity index (χ1n) is 9.99. The Labute approximate surface area is 205 Å². The quantitative estimate of drug-likeness (QED) is 0.199. The standard InChI is InChI=1S/C22H13N5O10/c28-23(29)16-5-1-3-14(11-16)7-9-18-20(25(32)33)13-21(26(34)35)19(22(18)27(36)37)10-8-15-4-2-6-17(12-15)24(30)31/h1-13H. The van der Waals surface area contributed by atoms with Gasteiger partial charge in [-0.3, -0.25) is 50.6 Å². The first-order valence-corrected chi connectivity index (χ1v) is 9.99. The monoisotopic (exact) mass is 507 g/mol. The number of nitrogens with zero attached hydrogens (tertiary/aromatic N) is 5. The lowest BCUT2D eigenvalue weighted by Gasteiger charge is -2.06. The second-order valence-corrected chi connectivity index (χ2v) is 7.23. The summed E-state index contributed by atoms with van der Waals surface area (Å²) in [4.78, 5) is 52.9. The van der Waals surface area contributed by atoms with Gasteiger partial charge in [0.15, 0.2) is 0 Å². The molecule has 3 aromatic rings. The third-order valence-electron chi connectivity index (χ3n) is 4.96. The number of benzene rings is 3. The molecule has 0 N–H and O–H groups in total. The minimum absolute atomic E-state index is 0.185. The molecule has 0 bridgehead atoms. The average Bonchev–Trinajstić information content (AvgIpc) is 2.85. The topological polar surface area (TPSA) is 216 Å². The summed E-state index contributed by atoms with van der Waals surface area (Å²) in [5, 5.41) is 57.4. The van der Waals surface area contributed by atoms with Crippen molar-refractivity contribution >= 4 is 52.7 Å². The first kappa shape index (κ1) is 25.8. The Bertz CT molecular complexity index is 1430. The van der Waals surface area contributed by atoms with E-state index in [1.807, 2.05) is 0 Å². The van der Waals surface area contributed by atoms with Gasteiger partial charge in [0.2, 0.25) is 0 Å². The highest BCUT2D eigenvalue weighted by atomic mass is 16.6. The van der Waals surface area contributed by atoms with E-state index in [1.54, 1.807) is 0 Å². The minimum atomic E-state index is -1.03. The lowest BCUT2D eigenvalue weighted by Crippen LogP contribution is -2.04. The van der Waals surface area contributed by atoms with Gasteiger partial charge in [-0.1, -0.05) is 36.4 Å². The molecule has 0 aliphatic carbocycles. The zero-order chi connectivity index (χ0) is 27.3. The van der Waals surface area contributed by atoms with Crippen molar-refractivity contribution < 1.29 is 24.6 Å². The normalized spacial score (nSPS) is 11.0. The molecule has 37 heavy (non-hydrogen) atoms. The van der Waals surface area contributed by atoms with Crippen LogP contribution in [0.3, 0.4) is 0 Å². The molecule has 0 amide bonds. The van der Waals surface area contributed by atoms with Crippen LogP contribution in [-0.4, -0.2) is 24.6 Å². The van der Waals surface area contributed by atoms with E-state index in [9.17, 15) is 50.6 Å². The predicted octanol–water partition coefficient (Wildman–Crippen LogP) is 5.57. The van der Waals surface area contributed by atoms with Gasteiger partial charge in [0.1, 0.15) is 11.1 Å². The molecule has 186 valence electrons. The fourth-order valence-electron chi connectivity index (χ4n) is 3.34. The fourth-order valence-corrected chi connectivity index (χ4v) is 3.34. The van der Waals surface area contributed by atoms with Crippen molar-refractivity contribution in [2.45, 2.75) is 0 Å². The van der Waals surface area contributed by atoms with Gasteiger partial charge in [-0.15, -0.1) is 0 Å². The number of hydrogen-bond donors (Lipinski definition) is 0. The average molecular weight is 507 g/mol. The summed E-state index contributed by atoms with van der Waals surface area (Å²) in [7, 11) is 0. The number of non-ortho nitro benzene ring substituents is 2. The van der Waals surface area contributed by atoms with Gasteiger partial charge in [0.25, 0.3) is 28.4 Å². The first-order chi connectivity index (χ1) is 17.5. The van der Waals surface area contributed by atoms with Crippen molar-refractivity contribution in [1.82, 2.24) is 0 Å². The van der Waals surface area contributed by atoms with Crippen molar-refractivity contribution in [2.24, 2.45) is 0 Å². The lowest BCUT2D eigenvalue weighted by atomic mass is 10.00. The smallest absolute Gasteiger partial charge is 0.258 e. The maximum atomic E-state index is 12.0. The van der Waals surface area contributed by atoms with Crippen molar-refractivity contribution in [2.75, 3.05) is 0 Å². The van der Waals surface area contributed by atoms with Crippen LogP contribution >= 0.6 is 0 Å². The largest absolute Gasteiger partial charge is 0.297 e. The summed E-state index contributed by atoms with van der Waals surface area (Å²) in [5.41, 5.74) is -4.25. The van der Waals surface area contributed by atoms with Crippen LogP contribution in [0.5, 0.6) is 0 Å². The highest BCUT2D eigenvalue weighted by Crippen LogP contribution is 2.41. The van der Waals surface area contributed by atoms with Gasteiger partial charge in [-0.2, -0.15) is 0 Å². The molecule has 15 nitrogen and oxygen atoms in total. The molecule has 0 saturated carbocycles. The Morgan fingerprint density at radius 3 is 1.22 bits per heavy atom. The zero-order valence-electron chi connectivity index (χ0n) is 18.3. The van der Waals surface area contributed by atoms with E-state index in [0.29, 0.717) is 6.07 Å². The second kappa shape index (κ2) is 10.6. The van der Waals surface area contributed by atoms with E-state index in [4.69, 9.17) is 0 Å². The molecule has 0 spiro atoms. The van der Waals surface area contributed by atoms with E-state index < -0.39 is 52.8 Å². The highest BCUT2D eigenvalue weighted by Gasteiger charge is 2.34. The summed E-state index contributed by atoms with van der Waals surface area (Å²) in [6.45, 7) is 0. The molecule has 0 heterocycles. The van der Waals surface area contributed by atoms with E-state index in [-0.39, 0.29) is 22.5 Å². The van der Waals surface area contributed by atoms with E-state index in [0.717, 1.165) is 36.4 Å². The molecular formula is C22H13N5O10. The third kappa shape index (κ3) is 5.80. The van der Waals surface area contributed by atoms with Crippen LogP contribution in [0.2, 0.25) is 0 Å². The third-order valence-corrected chi connectivity index (χ3v) is 4.96. The fraction of sp³-hybridized carbons (Fsp3) is 0. The van der Waals surface area contributed by atoms with Crippen LogP contribution < -0.4 is 0 Å². The summed E-state index contributed by atoms with van der Waals surface area (Å²) in [6.07, 6.45) is 4.23. The molecule has 15 heteroatoms. The maximum Gasteiger partial charge on any atom is 0.297 e. The van der Waals surface area contributed by atoms with Crippen LogP contribution in [0.25, 0.3) is 24.3 Å². The molecular weight excluding hydrogens is 494 g/mol. The number of rotatable bonds is 9. The molecule has 0 aliphatic rings. The van der Waals surface area contributed by atoms with Crippen molar-refractivity contribution in [3.05, 3.63) is 127 Å². The molecule has 0 radical (unpaired) electrons. The van der Waals surface area contributed by atoms with Crippen LogP contribution in [0.4, 0.5) is 28.4 Å². The highest BCUT2D eigenvalue weighted by molar-refractivity contribution is 5.89. The van der Waals surface area contributed by atoms with Gasteiger partial charge in [0.05, 0.1) is 30.7 Å². The van der Waals surface area contributed by atoms with Gasteiger partial charge in [-0.05, 0) is 23.3 Å². The Hall–Kier alpha value is -5.86. The second-order valence-electron chi connectivity index (χ2n) is 7.23. The van der Waals surface area contributed by atoms with Crippen molar-refractivity contribution in [3.8, 4) is 0 Å². The van der Waals surface area contributed by atoms with Gasteiger partial charge < -0.3 is 0 Å². The summed E-state index contributed by atoms with van der Waals surface area (Å²) >= 11 is 0. The number of hydrogen-bond acceptors (Lipinski definition) is 10. The van der Waals surface area contributed by atoms with Crippen molar-refractivity contribution in [3.63, 3.8) is 0 Å². The number of nitro benzene ring substituents is 5. The lowest BCUT2D eigenvalue weighted by molar-refractivity contribution is -0.403. The molecule has 0 atom stereocenters. The SMILES string of the molecule is O=[N+]([O-])c1cccc(C=Cc2c([N+](=O)[O-])cc([N+](=O)[O-])c(C=Cc3cccc([N+](=O)[O-])c3)c2[N+](=O)[O-])c1. The van der Waals surface area contributed by atoms with Crippen LogP contribution in [0.1, 0.15) is 22.3 Å². The summed E-state index contributed by atoms with van der Waals surface area (Å²) in [5.74, 6) is 0. The Morgan fingerprint density at radius 1 is 0.486 bits per heavy atom. The van der Waals surface area contributed by atoms with Crippen LogP contribution in [-0.2, 0) is 0 Å². The van der Waals surface area contributed by atoms with Gasteiger partial charge in [0, 0.05) is 24.3 Å². The van der Waals surface area contributed by atoms with E-state index in [2.05, 4.69) is 0 Å². The van der Waals surface area contributed by atoms with Gasteiger partial charge in [-0.25, -0.2) is 0 Å². The summed E-state index contributed by atoms with van der Waals surface area (Å²) in [6, 6.07) is 10.7. The zero-order valence-corrected chi connectivity index (χ0v) is 18.3. The van der Waals surface area contributed by atoms with E-state index in [1.165, 1.54) is 36.4 Å². The molecule has 0 aliphatic heterocycles. The molecule has 3 rings (SSSR count). The molecule has 0 aromatic heterocycles. The molecule has 0 unspecified atom stereocenters. The Morgan fingerprint density at radius 2 is 0.892 bits per heavy atom. The summed E-state index contributed by atoms with van der Waals surface area (Å²) < 4.78 is 0. The van der Waals surface area contributed by atoms with Crippen LogP contribution in [0, 0.1) is 50.6 Å². The maximum absolute atomic E-state index is 12.0. The predicted molar refractivity (Wildman–Crippen MR) is 130 cm³/mol. The van der Waals surface area contributed by atoms with Crippen LogP contribution in [0.15, 0.2) is 54.6 Å². The van der Waals surface area contributed by atoms with Gasteiger partial charge >= 0.3 is 0 Å². The minimum Gasteiger partial charge on any atom is -0.258 e. The molecule has 0 fully saturated rings.